The number of hydrogen-bond donors (Lipinski definition) is 0. The molecule has 6 heteroatoms. The summed E-state index contributed by atoms with van der Waals surface area (Å²) in [6, 6.07) is 6.06. The Kier molecular flexibility index (Phi) is 4.12. The summed E-state index contributed by atoms with van der Waals surface area (Å²) in [7, 11) is 0. The van der Waals surface area contributed by atoms with Gasteiger partial charge in [-0.3, -0.25) is 4.90 Å². The van der Waals surface area contributed by atoms with Crippen LogP contribution in [0.15, 0.2) is 22.7 Å². The van der Waals surface area contributed by atoms with E-state index in [1.54, 1.807) is 0 Å². The molecule has 0 radical (unpaired) electrons. The van der Waals surface area contributed by atoms with Gasteiger partial charge in [-0.05, 0) is 31.5 Å². The minimum Gasteiger partial charge on any atom is -0.369 e. The Labute approximate surface area is 129 Å². The molecule has 1 aromatic heterocycles. The third-order valence-corrected chi connectivity index (χ3v) is 4.05. The van der Waals surface area contributed by atoms with Gasteiger partial charge < -0.3 is 9.42 Å². The molecule has 112 valence electrons. The largest absolute Gasteiger partial charge is 0.369 e. The topological polar surface area (TPSA) is 45.4 Å². The van der Waals surface area contributed by atoms with Crippen LogP contribution in [0.3, 0.4) is 0 Å². The molecule has 1 fully saturated rings. The normalized spacial score (nSPS) is 16.4. The van der Waals surface area contributed by atoms with Crippen molar-refractivity contribution in [3.8, 4) is 0 Å². The lowest BCUT2D eigenvalue weighted by molar-refractivity contribution is 0.215. The summed E-state index contributed by atoms with van der Waals surface area (Å²) < 4.78 is 5.18. The molecule has 2 heterocycles. The van der Waals surface area contributed by atoms with Crippen molar-refractivity contribution in [1.29, 1.82) is 0 Å². The number of benzene rings is 1. The highest BCUT2D eigenvalue weighted by molar-refractivity contribution is 6.30. The second-order valence-electron chi connectivity index (χ2n) is 5.43. The van der Waals surface area contributed by atoms with Gasteiger partial charge in [-0.2, -0.15) is 4.98 Å². The minimum absolute atomic E-state index is 0.693. The zero-order valence-corrected chi connectivity index (χ0v) is 13.1. The van der Waals surface area contributed by atoms with Gasteiger partial charge >= 0.3 is 0 Å². The first-order valence-electron chi connectivity index (χ1n) is 7.14. The molecule has 3 rings (SSSR count). The van der Waals surface area contributed by atoms with Crippen LogP contribution in [0.4, 0.5) is 5.69 Å². The van der Waals surface area contributed by atoms with Crippen LogP contribution in [-0.2, 0) is 6.54 Å². The standard InChI is InChI=1S/C15H19ClN4O/c1-11-3-4-13(16)9-14(11)20-7-5-19(6-8-20)10-15-17-12(2)18-21-15/h3-4,9H,5-8,10H2,1-2H3. The summed E-state index contributed by atoms with van der Waals surface area (Å²) >= 11 is 6.11. The van der Waals surface area contributed by atoms with Crippen molar-refractivity contribution in [2.45, 2.75) is 20.4 Å². The molecule has 0 saturated carbocycles. The quantitative estimate of drug-likeness (QED) is 0.872. The number of rotatable bonds is 3. The summed E-state index contributed by atoms with van der Waals surface area (Å²) in [5.74, 6) is 1.39. The van der Waals surface area contributed by atoms with Crippen molar-refractivity contribution in [1.82, 2.24) is 15.0 Å². The van der Waals surface area contributed by atoms with E-state index in [0.29, 0.717) is 11.7 Å². The van der Waals surface area contributed by atoms with Gasteiger partial charge in [0.05, 0.1) is 6.54 Å². The first-order valence-corrected chi connectivity index (χ1v) is 7.52. The number of nitrogens with zero attached hydrogens (tertiary/aromatic N) is 4. The monoisotopic (exact) mass is 306 g/mol. The molecule has 0 N–H and O–H groups in total. The maximum atomic E-state index is 6.11. The minimum atomic E-state index is 0.693. The lowest BCUT2D eigenvalue weighted by Crippen LogP contribution is -2.46. The summed E-state index contributed by atoms with van der Waals surface area (Å²) in [5, 5.41) is 4.62. The molecule has 0 spiro atoms. The average Bonchev–Trinajstić information content (AvgIpc) is 2.88. The van der Waals surface area contributed by atoms with E-state index in [0.717, 1.165) is 37.7 Å². The molecule has 2 aromatic rings. The summed E-state index contributed by atoms with van der Waals surface area (Å²) in [6.45, 7) is 8.61. The maximum Gasteiger partial charge on any atom is 0.240 e. The molecule has 0 aliphatic carbocycles. The Balaban J connectivity index is 1.61. The van der Waals surface area contributed by atoms with E-state index in [4.69, 9.17) is 16.1 Å². The van der Waals surface area contributed by atoms with Gasteiger partial charge in [-0.1, -0.05) is 22.8 Å². The summed E-state index contributed by atoms with van der Waals surface area (Å²) in [4.78, 5) is 8.98. The van der Waals surface area contributed by atoms with Crippen LogP contribution >= 0.6 is 11.6 Å². The predicted molar refractivity (Wildman–Crippen MR) is 82.7 cm³/mol. The number of halogens is 1. The summed E-state index contributed by atoms with van der Waals surface area (Å²) in [6.07, 6.45) is 0. The van der Waals surface area contributed by atoms with Crippen molar-refractivity contribution >= 4 is 17.3 Å². The van der Waals surface area contributed by atoms with Crippen LogP contribution in [0.1, 0.15) is 17.3 Å². The predicted octanol–water partition coefficient (Wildman–Crippen LogP) is 2.66. The van der Waals surface area contributed by atoms with E-state index in [1.165, 1.54) is 11.3 Å². The second-order valence-corrected chi connectivity index (χ2v) is 5.87. The molecule has 1 saturated heterocycles. The van der Waals surface area contributed by atoms with Gasteiger partial charge in [0.2, 0.25) is 5.89 Å². The zero-order valence-electron chi connectivity index (χ0n) is 12.3. The molecule has 21 heavy (non-hydrogen) atoms. The first-order chi connectivity index (χ1) is 10.1. The lowest BCUT2D eigenvalue weighted by Gasteiger charge is -2.36. The number of anilines is 1. The molecule has 0 unspecified atom stereocenters. The highest BCUT2D eigenvalue weighted by Gasteiger charge is 2.20. The molecule has 1 aliphatic rings. The van der Waals surface area contributed by atoms with E-state index in [1.807, 2.05) is 19.1 Å². The molecule has 1 aromatic carbocycles. The Morgan fingerprint density at radius 2 is 1.95 bits per heavy atom. The van der Waals surface area contributed by atoms with Crippen molar-refractivity contribution in [3.05, 3.63) is 40.5 Å². The van der Waals surface area contributed by atoms with Gasteiger partial charge in [0.15, 0.2) is 5.82 Å². The van der Waals surface area contributed by atoms with E-state index in [-0.39, 0.29) is 0 Å². The first kappa shape index (κ1) is 14.4. The fourth-order valence-corrected chi connectivity index (χ4v) is 2.83. The van der Waals surface area contributed by atoms with Gasteiger partial charge in [-0.25, -0.2) is 0 Å². The number of hydrogen-bond acceptors (Lipinski definition) is 5. The molecular weight excluding hydrogens is 288 g/mol. The van der Waals surface area contributed by atoms with Crippen molar-refractivity contribution in [2.75, 3.05) is 31.1 Å². The molecule has 0 atom stereocenters. The Hall–Kier alpha value is -1.59. The molecule has 0 amide bonds. The lowest BCUT2D eigenvalue weighted by atomic mass is 10.1. The SMILES string of the molecule is Cc1noc(CN2CCN(c3cc(Cl)ccc3C)CC2)n1. The maximum absolute atomic E-state index is 6.11. The van der Waals surface area contributed by atoms with Gasteiger partial charge in [-0.15, -0.1) is 0 Å². The third-order valence-electron chi connectivity index (χ3n) is 3.81. The van der Waals surface area contributed by atoms with Gasteiger partial charge in [0.1, 0.15) is 0 Å². The van der Waals surface area contributed by atoms with Crippen molar-refractivity contribution < 1.29 is 4.52 Å². The molecule has 1 aliphatic heterocycles. The fourth-order valence-electron chi connectivity index (χ4n) is 2.67. The van der Waals surface area contributed by atoms with Crippen LogP contribution in [0, 0.1) is 13.8 Å². The summed E-state index contributed by atoms with van der Waals surface area (Å²) in [5.41, 5.74) is 2.50. The fraction of sp³-hybridized carbons (Fsp3) is 0.467. The van der Waals surface area contributed by atoms with Crippen molar-refractivity contribution in [3.63, 3.8) is 0 Å². The Morgan fingerprint density at radius 3 is 2.62 bits per heavy atom. The number of aromatic nitrogens is 2. The second kappa shape index (κ2) is 6.03. The van der Waals surface area contributed by atoms with E-state index < -0.39 is 0 Å². The van der Waals surface area contributed by atoms with E-state index in [2.05, 4.69) is 32.9 Å². The van der Waals surface area contributed by atoms with Crippen LogP contribution < -0.4 is 4.90 Å². The Bertz CT molecular complexity index is 620. The average molecular weight is 307 g/mol. The van der Waals surface area contributed by atoms with E-state index in [9.17, 15) is 0 Å². The van der Waals surface area contributed by atoms with Gasteiger partial charge in [0.25, 0.3) is 0 Å². The van der Waals surface area contributed by atoms with Crippen LogP contribution in [0.5, 0.6) is 0 Å². The smallest absolute Gasteiger partial charge is 0.240 e. The van der Waals surface area contributed by atoms with Gasteiger partial charge in [0, 0.05) is 36.9 Å². The third kappa shape index (κ3) is 3.36. The molecule has 5 nitrogen and oxygen atoms in total. The number of piperazine rings is 1. The van der Waals surface area contributed by atoms with Crippen LogP contribution in [0.2, 0.25) is 5.02 Å². The molecular formula is C15H19ClN4O. The Morgan fingerprint density at radius 1 is 1.19 bits per heavy atom. The van der Waals surface area contributed by atoms with Crippen molar-refractivity contribution in [2.24, 2.45) is 0 Å². The zero-order chi connectivity index (χ0) is 14.8. The molecule has 0 bridgehead atoms. The van der Waals surface area contributed by atoms with Crippen LogP contribution in [0.25, 0.3) is 0 Å². The highest BCUT2D eigenvalue weighted by atomic mass is 35.5. The highest BCUT2D eigenvalue weighted by Crippen LogP contribution is 2.25. The number of aryl methyl sites for hydroxylation is 2. The van der Waals surface area contributed by atoms with E-state index >= 15 is 0 Å². The van der Waals surface area contributed by atoms with Crippen LogP contribution in [-0.4, -0.2) is 41.2 Å².